The molecule has 3 N–H and O–H groups in total. The third kappa shape index (κ3) is 2.62. The van der Waals surface area contributed by atoms with Crippen LogP contribution in [0.25, 0.3) is 0 Å². The van der Waals surface area contributed by atoms with Gasteiger partial charge in [-0.05, 0) is 30.3 Å². The minimum Gasteiger partial charge on any atom is -0.479 e. The molecule has 0 aliphatic rings. The molecule has 0 aliphatic heterocycles. The Hall–Kier alpha value is -2.01. The number of halogens is 2. The molecule has 18 heavy (non-hydrogen) atoms. The van der Waals surface area contributed by atoms with Crippen LogP contribution < -0.4 is 15.8 Å². The first-order valence-corrected chi connectivity index (χ1v) is 5.50. The predicted octanol–water partition coefficient (Wildman–Crippen LogP) is 3.21. The molecule has 0 bridgehead atoms. The third-order valence-electron chi connectivity index (χ3n) is 2.28. The standard InChI is InChI=1S/C12H11ClFN3O/c1-18-12-10(15)4-5-11(17-12)16-7-2-3-8(13)9(14)6-7/h2-6H,15H2,1H3,(H,16,17). The van der Waals surface area contributed by atoms with Gasteiger partial charge >= 0.3 is 0 Å². The molecule has 0 saturated carbocycles. The average Bonchev–Trinajstić information content (AvgIpc) is 2.36. The van der Waals surface area contributed by atoms with E-state index in [0.717, 1.165) is 0 Å². The molecule has 0 saturated heterocycles. The number of aromatic nitrogens is 1. The summed E-state index contributed by atoms with van der Waals surface area (Å²) in [5, 5.41) is 3.00. The van der Waals surface area contributed by atoms with Crippen LogP contribution in [-0.4, -0.2) is 12.1 Å². The number of ether oxygens (including phenoxy) is 1. The van der Waals surface area contributed by atoms with Gasteiger partial charge in [-0.1, -0.05) is 11.6 Å². The second-order valence-electron chi connectivity index (χ2n) is 3.55. The van der Waals surface area contributed by atoms with Gasteiger partial charge in [0.15, 0.2) is 0 Å². The van der Waals surface area contributed by atoms with E-state index >= 15 is 0 Å². The molecule has 0 fully saturated rings. The minimum absolute atomic E-state index is 0.0726. The summed E-state index contributed by atoms with van der Waals surface area (Å²) in [7, 11) is 1.48. The van der Waals surface area contributed by atoms with E-state index in [1.807, 2.05) is 0 Å². The first kappa shape index (κ1) is 12.4. The average molecular weight is 268 g/mol. The topological polar surface area (TPSA) is 60.2 Å². The highest BCUT2D eigenvalue weighted by atomic mass is 35.5. The molecule has 0 unspecified atom stereocenters. The molecular weight excluding hydrogens is 257 g/mol. The van der Waals surface area contributed by atoms with Crippen LogP contribution in [0.15, 0.2) is 30.3 Å². The molecule has 1 aromatic heterocycles. The van der Waals surface area contributed by atoms with Crippen molar-refractivity contribution in [2.75, 3.05) is 18.2 Å². The van der Waals surface area contributed by atoms with Gasteiger partial charge in [0.1, 0.15) is 11.6 Å². The number of rotatable bonds is 3. The highest BCUT2D eigenvalue weighted by molar-refractivity contribution is 6.30. The number of nitrogens with one attached hydrogen (secondary N) is 1. The number of anilines is 3. The Bertz CT molecular complexity index is 577. The Morgan fingerprint density at radius 2 is 2.11 bits per heavy atom. The first-order chi connectivity index (χ1) is 8.60. The van der Waals surface area contributed by atoms with Gasteiger partial charge < -0.3 is 15.8 Å². The monoisotopic (exact) mass is 267 g/mol. The Morgan fingerprint density at radius 1 is 1.33 bits per heavy atom. The zero-order valence-corrected chi connectivity index (χ0v) is 10.3. The fraction of sp³-hybridized carbons (Fsp3) is 0.0833. The summed E-state index contributed by atoms with van der Waals surface area (Å²) >= 11 is 5.60. The van der Waals surface area contributed by atoms with Crippen molar-refractivity contribution in [3.8, 4) is 5.88 Å². The van der Waals surface area contributed by atoms with Crippen LogP contribution in [0.5, 0.6) is 5.88 Å². The van der Waals surface area contributed by atoms with Crippen molar-refractivity contribution in [3.05, 3.63) is 41.2 Å². The quantitative estimate of drug-likeness (QED) is 0.896. The van der Waals surface area contributed by atoms with E-state index < -0.39 is 5.82 Å². The largest absolute Gasteiger partial charge is 0.479 e. The van der Waals surface area contributed by atoms with Crippen molar-refractivity contribution in [2.24, 2.45) is 0 Å². The number of nitrogen functional groups attached to an aromatic ring is 1. The lowest BCUT2D eigenvalue weighted by atomic mass is 10.3. The SMILES string of the molecule is COc1nc(Nc2ccc(Cl)c(F)c2)ccc1N. The van der Waals surface area contributed by atoms with Crippen LogP contribution in [0.1, 0.15) is 0 Å². The number of nitrogens with two attached hydrogens (primary N) is 1. The van der Waals surface area contributed by atoms with Gasteiger partial charge in [0.2, 0.25) is 5.88 Å². The molecule has 0 amide bonds. The number of pyridine rings is 1. The van der Waals surface area contributed by atoms with E-state index in [4.69, 9.17) is 22.1 Å². The summed E-state index contributed by atoms with van der Waals surface area (Å²) in [6.45, 7) is 0. The van der Waals surface area contributed by atoms with Gasteiger partial charge in [-0.2, -0.15) is 4.98 Å². The molecule has 0 aliphatic carbocycles. The van der Waals surface area contributed by atoms with E-state index in [0.29, 0.717) is 23.1 Å². The Labute approximate surface area is 109 Å². The lowest BCUT2D eigenvalue weighted by Gasteiger charge is -2.09. The van der Waals surface area contributed by atoms with Crippen molar-refractivity contribution >= 4 is 28.8 Å². The molecule has 2 aromatic rings. The van der Waals surface area contributed by atoms with Gasteiger partial charge in [0.25, 0.3) is 0 Å². The lowest BCUT2D eigenvalue weighted by molar-refractivity contribution is 0.401. The second kappa shape index (κ2) is 5.10. The van der Waals surface area contributed by atoms with Gasteiger partial charge in [-0.3, -0.25) is 0 Å². The zero-order valence-electron chi connectivity index (χ0n) is 9.58. The van der Waals surface area contributed by atoms with Crippen molar-refractivity contribution in [1.82, 2.24) is 4.98 Å². The van der Waals surface area contributed by atoms with Crippen molar-refractivity contribution in [1.29, 1.82) is 0 Å². The summed E-state index contributed by atoms with van der Waals surface area (Å²) < 4.78 is 18.2. The maximum atomic E-state index is 13.3. The highest BCUT2D eigenvalue weighted by Crippen LogP contribution is 2.24. The molecule has 1 aromatic carbocycles. The fourth-order valence-electron chi connectivity index (χ4n) is 1.41. The zero-order chi connectivity index (χ0) is 13.1. The van der Waals surface area contributed by atoms with Crippen LogP contribution in [0.2, 0.25) is 5.02 Å². The fourth-order valence-corrected chi connectivity index (χ4v) is 1.52. The summed E-state index contributed by atoms with van der Waals surface area (Å²) in [4.78, 5) is 4.12. The molecule has 0 atom stereocenters. The number of benzene rings is 1. The smallest absolute Gasteiger partial charge is 0.238 e. The minimum atomic E-state index is -0.496. The molecule has 0 radical (unpaired) electrons. The molecule has 2 rings (SSSR count). The second-order valence-corrected chi connectivity index (χ2v) is 3.96. The van der Waals surface area contributed by atoms with E-state index in [-0.39, 0.29) is 5.02 Å². The normalized spacial score (nSPS) is 10.2. The van der Waals surface area contributed by atoms with Gasteiger partial charge in [-0.25, -0.2) is 4.39 Å². The van der Waals surface area contributed by atoms with Crippen molar-refractivity contribution in [3.63, 3.8) is 0 Å². The van der Waals surface area contributed by atoms with E-state index in [9.17, 15) is 4.39 Å². The number of hydrogen-bond donors (Lipinski definition) is 2. The predicted molar refractivity (Wildman–Crippen MR) is 69.9 cm³/mol. The summed E-state index contributed by atoms with van der Waals surface area (Å²) in [5.41, 5.74) is 6.62. The van der Waals surface area contributed by atoms with Crippen LogP contribution in [0.4, 0.5) is 21.6 Å². The van der Waals surface area contributed by atoms with Crippen LogP contribution in [0.3, 0.4) is 0 Å². The number of methoxy groups -OCH3 is 1. The maximum absolute atomic E-state index is 13.3. The lowest BCUT2D eigenvalue weighted by Crippen LogP contribution is -1.99. The summed E-state index contributed by atoms with van der Waals surface area (Å²) in [5.74, 6) is 0.321. The third-order valence-corrected chi connectivity index (χ3v) is 2.58. The number of nitrogens with zero attached hydrogens (tertiary/aromatic N) is 1. The summed E-state index contributed by atoms with van der Waals surface area (Å²) in [6.07, 6.45) is 0. The van der Waals surface area contributed by atoms with Crippen molar-refractivity contribution < 1.29 is 9.13 Å². The van der Waals surface area contributed by atoms with Crippen molar-refractivity contribution in [2.45, 2.75) is 0 Å². The first-order valence-electron chi connectivity index (χ1n) is 5.12. The highest BCUT2D eigenvalue weighted by Gasteiger charge is 2.05. The van der Waals surface area contributed by atoms with Crippen LogP contribution in [0, 0.1) is 5.82 Å². The van der Waals surface area contributed by atoms with Gasteiger partial charge in [-0.15, -0.1) is 0 Å². The summed E-state index contributed by atoms with van der Waals surface area (Å²) in [6, 6.07) is 7.72. The van der Waals surface area contributed by atoms with Gasteiger partial charge in [0, 0.05) is 5.69 Å². The Kier molecular flexibility index (Phi) is 3.53. The molecular formula is C12H11ClFN3O. The number of hydrogen-bond acceptors (Lipinski definition) is 4. The van der Waals surface area contributed by atoms with E-state index in [1.54, 1.807) is 18.2 Å². The Balaban J connectivity index is 2.25. The molecule has 4 nitrogen and oxygen atoms in total. The van der Waals surface area contributed by atoms with E-state index in [1.165, 1.54) is 19.2 Å². The molecule has 6 heteroatoms. The molecule has 94 valence electrons. The van der Waals surface area contributed by atoms with Gasteiger partial charge in [0.05, 0.1) is 17.8 Å². The molecule has 1 heterocycles. The molecule has 0 spiro atoms. The Morgan fingerprint density at radius 3 is 2.78 bits per heavy atom. The maximum Gasteiger partial charge on any atom is 0.238 e. The van der Waals surface area contributed by atoms with Crippen LogP contribution in [-0.2, 0) is 0 Å². The van der Waals surface area contributed by atoms with Crippen LogP contribution >= 0.6 is 11.6 Å². The van der Waals surface area contributed by atoms with E-state index in [2.05, 4.69) is 10.3 Å².